The van der Waals surface area contributed by atoms with Crippen LogP contribution in [-0.4, -0.2) is 14.5 Å². The van der Waals surface area contributed by atoms with Gasteiger partial charge in [0.15, 0.2) is 0 Å². The number of benzene rings is 2. The maximum absolute atomic E-state index is 9.44. The number of aromatic nitrogens is 3. The van der Waals surface area contributed by atoms with E-state index in [1.54, 1.807) is 0 Å². The first-order valence-electron chi connectivity index (χ1n) is 8.53. The summed E-state index contributed by atoms with van der Waals surface area (Å²) >= 11 is 0. The Labute approximate surface area is 156 Å². The van der Waals surface area contributed by atoms with Crippen molar-refractivity contribution < 1.29 is 0 Å². The van der Waals surface area contributed by atoms with Gasteiger partial charge in [-0.2, -0.15) is 10.2 Å². The van der Waals surface area contributed by atoms with Crippen LogP contribution in [0.5, 0.6) is 0 Å². The number of nitriles is 1. The molecule has 2 aromatic heterocycles. The van der Waals surface area contributed by atoms with Gasteiger partial charge in [-0.05, 0) is 30.0 Å². The standard InChI is InChI=1S/C21H18N6/c1-13-2-4-14(5-3-13)12-27-9-8-15-6-7-16(10-18(15)27)19-17(11-22)20(23)26-21(24)25-19/h2-10H,12H2,1H3,(H4,23,24,25,26). The molecule has 0 unspecified atom stereocenters. The minimum atomic E-state index is 0.0524. The molecule has 0 aliphatic rings. The lowest BCUT2D eigenvalue weighted by molar-refractivity contribution is 0.836. The molecule has 4 aromatic rings. The van der Waals surface area contributed by atoms with Crippen LogP contribution in [-0.2, 0) is 6.54 Å². The fraction of sp³-hybridized carbons (Fsp3) is 0.0952. The van der Waals surface area contributed by atoms with E-state index in [1.807, 2.05) is 18.2 Å². The number of rotatable bonds is 3. The molecule has 6 nitrogen and oxygen atoms in total. The van der Waals surface area contributed by atoms with Gasteiger partial charge in [0.1, 0.15) is 17.5 Å². The summed E-state index contributed by atoms with van der Waals surface area (Å²) in [5.41, 5.74) is 16.6. The molecule has 2 aromatic carbocycles. The maximum Gasteiger partial charge on any atom is 0.222 e. The third-order valence-electron chi connectivity index (χ3n) is 4.59. The number of aryl methyl sites for hydroxylation is 1. The molecule has 0 atom stereocenters. The number of nitrogen functional groups attached to an aromatic ring is 2. The largest absolute Gasteiger partial charge is 0.382 e. The monoisotopic (exact) mass is 354 g/mol. The van der Waals surface area contributed by atoms with E-state index in [1.165, 1.54) is 11.1 Å². The molecule has 0 saturated heterocycles. The van der Waals surface area contributed by atoms with E-state index < -0.39 is 0 Å². The average Bonchev–Trinajstić information content (AvgIpc) is 3.05. The van der Waals surface area contributed by atoms with E-state index in [4.69, 9.17) is 11.5 Å². The molecular weight excluding hydrogens is 336 g/mol. The van der Waals surface area contributed by atoms with Crippen LogP contribution < -0.4 is 11.5 Å². The van der Waals surface area contributed by atoms with Gasteiger partial charge in [-0.25, -0.2) is 4.98 Å². The summed E-state index contributed by atoms with van der Waals surface area (Å²) in [6, 6.07) is 18.6. The summed E-state index contributed by atoms with van der Waals surface area (Å²) in [6.07, 6.45) is 2.06. The number of nitrogens with zero attached hydrogens (tertiary/aromatic N) is 4. The summed E-state index contributed by atoms with van der Waals surface area (Å²) in [5.74, 6) is 0.145. The van der Waals surface area contributed by atoms with Crippen molar-refractivity contribution in [2.45, 2.75) is 13.5 Å². The second kappa shape index (κ2) is 6.46. The van der Waals surface area contributed by atoms with Crippen molar-refractivity contribution in [1.82, 2.24) is 14.5 Å². The van der Waals surface area contributed by atoms with Gasteiger partial charge in [-0.1, -0.05) is 42.0 Å². The lowest BCUT2D eigenvalue weighted by Crippen LogP contribution is -2.05. The molecule has 4 N–H and O–H groups in total. The summed E-state index contributed by atoms with van der Waals surface area (Å²) in [7, 11) is 0. The van der Waals surface area contributed by atoms with Gasteiger partial charge in [0.05, 0.1) is 5.69 Å². The Kier molecular flexibility index (Phi) is 3.98. The maximum atomic E-state index is 9.44. The molecule has 132 valence electrons. The van der Waals surface area contributed by atoms with E-state index in [0.717, 1.165) is 23.0 Å². The Bertz CT molecular complexity index is 1180. The third-order valence-corrected chi connectivity index (χ3v) is 4.59. The highest BCUT2D eigenvalue weighted by molar-refractivity contribution is 5.86. The second-order valence-corrected chi connectivity index (χ2v) is 6.51. The average molecular weight is 354 g/mol. The lowest BCUT2D eigenvalue weighted by Gasteiger charge is -2.09. The van der Waals surface area contributed by atoms with Gasteiger partial charge in [-0.3, -0.25) is 0 Å². The van der Waals surface area contributed by atoms with Crippen LogP contribution in [0.25, 0.3) is 22.2 Å². The number of hydrogen-bond donors (Lipinski definition) is 2. The Balaban J connectivity index is 1.81. The lowest BCUT2D eigenvalue weighted by atomic mass is 10.1. The first kappa shape index (κ1) is 16.6. The first-order chi connectivity index (χ1) is 13.0. The molecule has 0 amide bonds. The highest BCUT2D eigenvalue weighted by Gasteiger charge is 2.14. The van der Waals surface area contributed by atoms with Crippen molar-refractivity contribution in [2.75, 3.05) is 11.5 Å². The topological polar surface area (TPSA) is 107 Å². The van der Waals surface area contributed by atoms with Crippen LogP contribution in [0.15, 0.2) is 54.7 Å². The Morgan fingerprint density at radius 1 is 1.04 bits per heavy atom. The van der Waals surface area contributed by atoms with Crippen LogP contribution >= 0.6 is 0 Å². The van der Waals surface area contributed by atoms with Crippen LogP contribution in [0.4, 0.5) is 11.8 Å². The fourth-order valence-corrected chi connectivity index (χ4v) is 3.17. The smallest absolute Gasteiger partial charge is 0.222 e. The van der Waals surface area contributed by atoms with E-state index in [2.05, 4.69) is 64.1 Å². The van der Waals surface area contributed by atoms with Crippen molar-refractivity contribution in [3.8, 4) is 17.3 Å². The Hall–Kier alpha value is -3.85. The van der Waals surface area contributed by atoms with Gasteiger partial charge < -0.3 is 16.0 Å². The van der Waals surface area contributed by atoms with Crippen molar-refractivity contribution in [3.63, 3.8) is 0 Å². The van der Waals surface area contributed by atoms with Crippen molar-refractivity contribution in [2.24, 2.45) is 0 Å². The highest BCUT2D eigenvalue weighted by atomic mass is 15.0. The van der Waals surface area contributed by atoms with Gasteiger partial charge >= 0.3 is 0 Å². The zero-order chi connectivity index (χ0) is 19.0. The number of nitrogens with two attached hydrogens (primary N) is 2. The normalized spacial score (nSPS) is 10.8. The minimum Gasteiger partial charge on any atom is -0.382 e. The summed E-state index contributed by atoms with van der Waals surface area (Å²) in [6.45, 7) is 2.83. The van der Waals surface area contributed by atoms with Crippen LogP contribution in [0, 0.1) is 18.3 Å². The van der Waals surface area contributed by atoms with Gasteiger partial charge in [-0.15, -0.1) is 0 Å². The predicted octanol–water partition coefficient (Wildman–Crippen LogP) is 3.49. The van der Waals surface area contributed by atoms with Crippen LogP contribution in [0.3, 0.4) is 0 Å². The molecule has 0 bridgehead atoms. The number of anilines is 2. The van der Waals surface area contributed by atoms with E-state index >= 15 is 0 Å². The number of hydrogen-bond acceptors (Lipinski definition) is 5. The first-order valence-corrected chi connectivity index (χ1v) is 8.53. The van der Waals surface area contributed by atoms with Gasteiger partial charge in [0, 0.05) is 23.8 Å². The molecule has 0 fully saturated rings. The summed E-state index contributed by atoms with van der Waals surface area (Å²) < 4.78 is 2.17. The van der Waals surface area contributed by atoms with E-state index in [9.17, 15) is 5.26 Å². The molecule has 2 heterocycles. The van der Waals surface area contributed by atoms with E-state index in [-0.39, 0.29) is 17.3 Å². The Morgan fingerprint density at radius 2 is 1.81 bits per heavy atom. The quantitative estimate of drug-likeness (QED) is 0.586. The van der Waals surface area contributed by atoms with Crippen molar-refractivity contribution in [3.05, 3.63) is 71.4 Å². The minimum absolute atomic E-state index is 0.0524. The van der Waals surface area contributed by atoms with E-state index in [0.29, 0.717) is 5.69 Å². The van der Waals surface area contributed by atoms with Crippen LogP contribution in [0.1, 0.15) is 16.7 Å². The molecule has 0 aliphatic carbocycles. The molecule has 0 radical (unpaired) electrons. The molecule has 4 rings (SSSR count). The van der Waals surface area contributed by atoms with Gasteiger partial charge in [0.2, 0.25) is 5.95 Å². The molecule has 6 heteroatoms. The van der Waals surface area contributed by atoms with Crippen LogP contribution in [0.2, 0.25) is 0 Å². The summed E-state index contributed by atoms with van der Waals surface area (Å²) in [5, 5.41) is 10.6. The predicted molar refractivity (Wildman–Crippen MR) is 107 cm³/mol. The summed E-state index contributed by atoms with van der Waals surface area (Å²) in [4.78, 5) is 8.12. The van der Waals surface area contributed by atoms with Crippen molar-refractivity contribution in [1.29, 1.82) is 5.26 Å². The number of fused-ring (bicyclic) bond motifs is 1. The molecular formula is C21H18N6. The molecule has 0 spiro atoms. The fourth-order valence-electron chi connectivity index (χ4n) is 3.17. The zero-order valence-electron chi connectivity index (χ0n) is 14.8. The zero-order valence-corrected chi connectivity index (χ0v) is 14.8. The Morgan fingerprint density at radius 3 is 2.56 bits per heavy atom. The molecule has 27 heavy (non-hydrogen) atoms. The SMILES string of the molecule is Cc1ccc(Cn2ccc3ccc(-c4nc(N)nc(N)c4C#N)cc32)cc1. The van der Waals surface area contributed by atoms with Crippen molar-refractivity contribution >= 4 is 22.7 Å². The highest BCUT2D eigenvalue weighted by Crippen LogP contribution is 2.29. The second-order valence-electron chi connectivity index (χ2n) is 6.51. The molecule has 0 saturated carbocycles. The van der Waals surface area contributed by atoms with Gasteiger partial charge in [0.25, 0.3) is 0 Å². The molecule has 0 aliphatic heterocycles. The third kappa shape index (κ3) is 3.07.